The Labute approximate surface area is 111 Å². The first-order valence-electron chi connectivity index (χ1n) is 5.56. The van der Waals surface area contributed by atoms with Crippen LogP contribution in [0.5, 0.6) is 0 Å². The van der Waals surface area contributed by atoms with Crippen molar-refractivity contribution in [3.63, 3.8) is 0 Å². The lowest BCUT2D eigenvalue weighted by Crippen LogP contribution is -2.11. The maximum absolute atomic E-state index is 5.63. The molecule has 0 radical (unpaired) electrons. The van der Waals surface area contributed by atoms with Gasteiger partial charge >= 0.3 is 0 Å². The van der Waals surface area contributed by atoms with Gasteiger partial charge in [-0.1, -0.05) is 12.2 Å². The summed E-state index contributed by atoms with van der Waals surface area (Å²) in [6, 6.07) is 7.64. The summed E-state index contributed by atoms with van der Waals surface area (Å²) < 4.78 is 0. The Morgan fingerprint density at radius 2 is 2.06 bits per heavy atom. The van der Waals surface area contributed by atoms with Crippen LogP contribution in [0, 0.1) is 6.92 Å². The fourth-order valence-corrected chi connectivity index (χ4v) is 1.71. The van der Waals surface area contributed by atoms with Crippen molar-refractivity contribution in [2.75, 3.05) is 5.32 Å². The van der Waals surface area contributed by atoms with Crippen LogP contribution >= 0.6 is 12.2 Å². The average Bonchev–Trinajstić information content (AvgIpc) is 2.37. The van der Waals surface area contributed by atoms with Crippen molar-refractivity contribution >= 4 is 23.0 Å². The van der Waals surface area contributed by atoms with E-state index in [1.54, 1.807) is 12.4 Å². The van der Waals surface area contributed by atoms with Gasteiger partial charge in [-0.25, -0.2) is 4.98 Å². The number of hydrogen-bond acceptors (Lipinski definition) is 4. The van der Waals surface area contributed by atoms with Crippen molar-refractivity contribution in [2.24, 2.45) is 5.73 Å². The third-order valence-electron chi connectivity index (χ3n) is 2.46. The number of thiocarbonyl (C=S) groups is 1. The van der Waals surface area contributed by atoms with Crippen molar-refractivity contribution in [3.8, 4) is 0 Å². The molecule has 2 aromatic heterocycles. The van der Waals surface area contributed by atoms with E-state index in [0.717, 1.165) is 22.6 Å². The molecule has 0 aliphatic heterocycles. The van der Waals surface area contributed by atoms with E-state index in [-0.39, 0.29) is 0 Å². The number of nitrogens with two attached hydrogens (primary N) is 1. The first-order chi connectivity index (χ1) is 8.65. The molecule has 18 heavy (non-hydrogen) atoms. The van der Waals surface area contributed by atoms with Crippen LogP contribution < -0.4 is 11.1 Å². The van der Waals surface area contributed by atoms with Gasteiger partial charge in [-0.2, -0.15) is 0 Å². The number of rotatable bonds is 4. The summed E-state index contributed by atoms with van der Waals surface area (Å²) in [4.78, 5) is 8.75. The Morgan fingerprint density at radius 1 is 1.33 bits per heavy atom. The average molecular weight is 258 g/mol. The first-order valence-corrected chi connectivity index (χ1v) is 5.97. The topological polar surface area (TPSA) is 63.8 Å². The molecule has 2 rings (SSSR count). The third kappa shape index (κ3) is 3.24. The zero-order chi connectivity index (χ0) is 13.0. The second-order valence-electron chi connectivity index (χ2n) is 3.96. The normalized spacial score (nSPS) is 10.1. The molecule has 3 N–H and O–H groups in total. The molecule has 5 heteroatoms. The fraction of sp³-hybridized carbons (Fsp3) is 0.154. The number of hydrogen-bond donors (Lipinski definition) is 2. The summed E-state index contributed by atoms with van der Waals surface area (Å²) in [5, 5.41) is 3.24. The Balaban J connectivity index is 2.12. The molecular formula is C13H14N4S. The second kappa shape index (κ2) is 5.55. The van der Waals surface area contributed by atoms with Gasteiger partial charge < -0.3 is 11.1 Å². The molecule has 0 aliphatic carbocycles. The van der Waals surface area contributed by atoms with Crippen LogP contribution in [-0.4, -0.2) is 15.0 Å². The summed E-state index contributed by atoms with van der Waals surface area (Å²) in [5.74, 6) is 0.773. The van der Waals surface area contributed by atoms with E-state index in [4.69, 9.17) is 18.0 Å². The van der Waals surface area contributed by atoms with Gasteiger partial charge in [0.2, 0.25) is 0 Å². The van der Waals surface area contributed by atoms with Gasteiger partial charge in [-0.3, -0.25) is 4.98 Å². The van der Waals surface area contributed by atoms with Crippen LogP contribution in [0.25, 0.3) is 0 Å². The highest BCUT2D eigenvalue weighted by molar-refractivity contribution is 7.80. The SMILES string of the molecule is Cc1cc(C(N)=S)cc(NCc2ccncc2)n1. The molecule has 0 fully saturated rings. The molecule has 0 bridgehead atoms. The summed E-state index contributed by atoms with van der Waals surface area (Å²) in [7, 11) is 0. The minimum atomic E-state index is 0.382. The van der Waals surface area contributed by atoms with Crippen LogP contribution in [0.4, 0.5) is 5.82 Å². The largest absolute Gasteiger partial charge is 0.389 e. The standard InChI is InChI=1S/C13H14N4S/c1-9-6-11(13(14)18)7-12(17-9)16-8-10-2-4-15-5-3-10/h2-7H,8H2,1H3,(H2,14,18)(H,16,17). The lowest BCUT2D eigenvalue weighted by atomic mass is 10.2. The molecule has 0 unspecified atom stereocenters. The lowest BCUT2D eigenvalue weighted by Gasteiger charge is -2.08. The zero-order valence-electron chi connectivity index (χ0n) is 10.1. The molecular weight excluding hydrogens is 244 g/mol. The van der Waals surface area contributed by atoms with Gasteiger partial charge in [-0.15, -0.1) is 0 Å². The van der Waals surface area contributed by atoms with E-state index < -0.39 is 0 Å². The predicted molar refractivity (Wildman–Crippen MR) is 76.4 cm³/mol. The lowest BCUT2D eigenvalue weighted by molar-refractivity contribution is 1.08. The third-order valence-corrected chi connectivity index (χ3v) is 2.70. The molecule has 4 nitrogen and oxygen atoms in total. The number of pyridine rings is 2. The van der Waals surface area contributed by atoms with Crippen LogP contribution in [0.3, 0.4) is 0 Å². The highest BCUT2D eigenvalue weighted by Gasteiger charge is 2.02. The monoisotopic (exact) mass is 258 g/mol. The number of nitrogens with one attached hydrogen (secondary N) is 1. The van der Waals surface area contributed by atoms with Crippen LogP contribution in [0.15, 0.2) is 36.7 Å². The number of anilines is 1. The molecule has 0 amide bonds. The first kappa shape index (κ1) is 12.4. The van der Waals surface area contributed by atoms with E-state index >= 15 is 0 Å². The summed E-state index contributed by atoms with van der Waals surface area (Å²) >= 11 is 4.97. The molecule has 0 spiro atoms. The number of nitrogens with zero attached hydrogens (tertiary/aromatic N) is 2. The molecule has 2 aromatic rings. The number of aromatic nitrogens is 2. The quantitative estimate of drug-likeness (QED) is 0.822. The van der Waals surface area contributed by atoms with Crippen LogP contribution in [0.2, 0.25) is 0 Å². The number of aryl methyl sites for hydroxylation is 1. The maximum Gasteiger partial charge on any atom is 0.127 e. The van der Waals surface area contributed by atoms with E-state index in [2.05, 4.69) is 15.3 Å². The summed E-state index contributed by atoms with van der Waals surface area (Å²) in [6.07, 6.45) is 3.53. The summed E-state index contributed by atoms with van der Waals surface area (Å²) in [5.41, 5.74) is 8.49. The highest BCUT2D eigenvalue weighted by atomic mass is 32.1. The van der Waals surface area contributed by atoms with E-state index in [1.807, 2.05) is 31.2 Å². The molecule has 2 heterocycles. The molecule has 0 saturated carbocycles. The maximum atomic E-state index is 5.63. The minimum Gasteiger partial charge on any atom is -0.389 e. The van der Waals surface area contributed by atoms with Gasteiger partial charge in [0, 0.05) is 30.2 Å². The van der Waals surface area contributed by atoms with Crippen molar-refractivity contribution in [1.82, 2.24) is 9.97 Å². The Kier molecular flexibility index (Phi) is 3.84. The molecule has 0 atom stereocenters. The molecule has 0 saturated heterocycles. The Morgan fingerprint density at radius 3 is 2.72 bits per heavy atom. The van der Waals surface area contributed by atoms with E-state index in [9.17, 15) is 0 Å². The predicted octanol–water partition coefficient (Wildman–Crippen LogP) is 2.03. The van der Waals surface area contributed by atoms with Crippen molar-refractivity contribution in [1.29, 1.82) is 0 Å². The molecule has 0 aliphatic rings. The minimum absolute atomic E-state index is 0.382. The van der Waals surface area contributed by atoms with E-state index in [1.165, 1.54) is 0 Å². The molecule has 0 aromatic carbocycles. The zero-order valence-corrected chi connectivity index (χ0v) is 10.9. The van der Waals surface area contributed by atoms with Gasteiger partial charge in [0.1, 0.15) is 10.8 Å². The highest BCUT2D eigenvalue weighted by Crippen LogP contribution is 2.11. The van der Waals surface area contributed by atoms with Crippen molar-refractivity contribution in [3.05, 3.63) is 53.5 Å². The Bertz CT molecular complexity index is 554. The smallest absolute Gasteiger partial charge is 0.127 e. The van der Waals surface area contributed by atoms with Gasteiger partial charge in [0.25, 0.3) is 0 Å². The van der Waals surface area contributed by atoms with Crippen molar-refractivity contribution < 1.29 is 0 Å². The van der Waals surface area contributed by atoms with Gasteiger partial charge in [0.15, 0.2) is 0 Å². The van der Waals surface area contributed by atoms with E-state index in [0.29, 0.717) is 11.5 Å². The molecule has 92 valence electrons. The van der Waals surface area contributed by atoms with Gasteiger partial charge in [-0.05, 0) is 36.8 Å². The fourth-order valence-electron chi connectivity index (χ4n) is 1.59. The van der Waals surface area contributed by atoms with Crippen LogP contribution in [0.1, 0.15) is 16.8 Å². The second-order valence-corrected chi connectivity index (χ2v) is 4.40. The van der Waals surface area contributed by atoms with Gasteiger partial charge in [0.05, 0.1) is 0 Å². The van der Waals surface area contributed by atoms with Crippen molar-refractivity contribution in [2.45, 2.75) is 13.5 Å². The summed E-state index contributed by atoms with van der Waals surface area (Å²) in [6.45, 7) is 2.61. The Hall–Kier alpha value is -2.01. The van der Waals surface area contributed by atoms with Crippen LogP contribution in [-0.2, 0) is 6.54 Å².